The fraction of sp³-hybridized carbons (Fsp3) is 0.800. The van der Waals surface area contributed by atoms with Crippen molar-refractivity contribution >= 4 is 11.9 Å². The van der Waals surface area contributed by atoms with E-state index in [4.69, 9.17) is 5.11 Å². The number of nitrogens with one attached hydrogen (secondary N) is 1. The molecule has 0 aromatic rings. The second-order valence-electron chi connectivity index (χ2n) is 5.41. The second-order valence-corrected chi connectivity index (χ2v) is 5.41. The molecule has 1 amide bonds. The molecule has 3 aliphatic rings. The van der Waals surface area contributed by atoms with Crippen molar-refractivity contribution in [2.24, 2.45) is 10.8 Å². The zero-order valence-corrected chi connectivity index (χ0v) is 9.73. The van der Waals surface area contributed by atoms with Crippen molar-refractivity contribution in [3.63, 3.8) is 0 Å². The summed E-state index contributed by atoms with van der Waals surface area (Å²) >= 11 is 0. The molecule has 2 N–H and O–H groups in total. The summed E-state index contributed by atoms with van der Waals surface area (Å²) in [5, 5.41) is 10.1. The number of hydrogen-bond acceptors (Lipinski definition) is 2. The van der Waals surface area contributed by atoms with E-state index in [0.29, 0.717) is 0 Å². The highest BCUT2D eigenvalue weighted by Crippen LogP contribution is 2.79. The molecule has 0 saturated heterocycles. The normalized spacial score (nSPS) is 33.7. The van der Waals surface area contributed by atoms with Crippen LogP contribution in [0.4, 0.5) is 26.3 Å². The third kappa shape index (κ3) is 1.92. The Labute approximate surface area is 108 Å². The number of carboxylic acids is 1. The van der Waals surface area contributed by atoms with Gasteiger partial charge in [0.15, 0.2) is 0 Å². The number of rotatable bonds is 3. The van der Waals surface area contributed by atoms with Crippen LogP contribution in [0, 0.1) is 10.8 Å². The van der Waals surface area contributed by atoms with Crippen LogP contribution in [0.3, 0.4) is 0 Å². The fourth-order valence-electron chi connectivity index (χ4n) is 3.16. The predicted molar refractivity (Wildman–Crippen MR) is 50.4 cm³/mol. The second kappa shape index (κ2) is 3.79. The monoisotopic (exact) mass is 305 g/mol. The number of amides is 1. The summed E-state index contributed by atoms with van der Waals surface area (Å²) in [6.45, 7) is 0. The summed E-state index contributed by atoms with van der Waals surface area (Å²) in [6.07, 6.45) is -11.5. The first-order valence-corrected chi connectivity index (χ1v) is 5.50. The molecule has 0 spiro atoms. The van der Waals surface area contributed by atoms with Crippen LogP contribution in [0.5, 0.6) is 0 Å². The number of hydrogen-bond donors (Lipinski definition) is 2. The molecule has 20 heavy (non-hydrogen) atoms. The van der Waals surface area contributed by atoms with Crippen LogP contribution in [0.1, 0.15) is 19.3 Å². The SMILES string of the molecule is O=C(O)C(NC(=O)C(F)(F)F)C12CC(C(F)(F)F)(C1)C2. The maximum absolute atomic E-state index is 12.6. The van der Waals surface area contributed by atoms with E-state index in [1.165, 1.54) is 5.32 Å². The summed E-state index contributed by atoms with van der Waals surface area (Å²) in [5.74, 6) is -4.23. The highest BCUT2D eigenvalue weighted by atomic mass is 19.4. The van der Waals surface area contributed by atoms with E-state index in [2.05, 4.69) is 0 Å². The molecule has 3 saturated carbocycles. The van der Waals surface area contributed by atoms with E-state index in [1.54, 1.807) is 0 Å². The van der Waals surface area contributed by atoms with Gasteiger partial charge in [0.05, 0.1) is 5.41 Å². The van der Waals surface area contributed by atoms with Gasteiger partial charge in [-0.25, -0.2) is 4.79 Å². The molecule has 10 heteroatoms. The molecule has 4 nitrogen and oxygen atoms in total. The summed E-state index contributed by atoms with van der Waals surface area (Å²) in [5.41, 5.74) is -3.42. The molecule has 0 radical (unpaired) electrons. The Kier molecular flexibility index (Phi) is 2.83. The average molecular weight is 305 g/mol. The van der Waals surface area contributed by atoms with Crippen molar-refractivity contribution in [1.29, 1.82) is 0 Å². The number of carbonyl (C=O) groups excluding carboxylic acids is 1. The third-order valence-electron chi connectivity index (χ3n) is 4.06. The van der Waals surface area contributed by atoms with Crippen LogP contribution >= 0.6 is 0 Å². The van der Waals surface area contributed by atoms with Gasteiger partial charge in [-0.2, -0.15) is 26.3 Å². The first-order chi connectivity index (χ1) is 8.83. The topological polar surface area (TPSA) is 66.4 Å². The zero-order valence-electron chi connectivity index (χ0n) is 9.73. The molecular weight excluding hydrogens is 296 g/mol. The summed E-state index contributed by atoms with van der Waals surface area (Å²) in [6, 6.07) is -1.96. The molecular formula is C10H9F6NO3. The zero-order chi connectivity index (χ0) is 15.6. The number of carbonyl (C=O) groups is 2. The minimum atomic E-state index is -5.28. The van der Waals surface area contributed by atoms with Crippen molar-refractivity contribution in [2.75, 3.05) is 0 Å². The van der Waals surface area contributed by atoms with Crippen molar-refractivity contribution in [3.05, 3.63) is 0 Å². The van der Waals surface area contributed by atoms with E-state index in [-0.39, 0.29) is 0 Å². The molecule has 0 aliphatic heterocycles. The van der Waals surface area contributed by atoms with Gasteiger partial charge in [-0.1, -0.05) is 0 Å². The Hall–Kier alpha value is -1.48. The minimum Gasteiger partial charge on any atom is -0.480 e. The Morgan fingerprint density at radius 2 is 1.50 bits per heavy atom. The van der Waals surface area contributed by atoms with Crippen LogP contribution in [-0.4, -0.2) is 35.4 Å². The Balaban J connectivity index is 2.08. The van der Waals surface area contributed by atoms with Gasteiger partial charge >= 0.3 is 24.2 Å². The molecule has 0 heterocycles. The quantitative estimate of drug-likeness (QED) is 0.782. The first-order valence-electron chi connectivity index (χ1n) is 5.50. The lowest BCUT2D eigenvalue weighted by Crippen LogP contribution is -2.76. The van der Waals surface area contributed by atoms with Gasteiger partial charge in [0, 0.05) is 5.41 Å². The molecule has 3 rings (SSSR count). The lowest BCUT2D eigenvalue weighted by atomic mass is 9.33. The minimum absolute atomic E-state index is 0.571. The highest BCUT2D eigenvalue weighted by Gasteiger charge is 2.81. The van der Waals surface area contributed by atoms with Gasteiger partial charge in [0.1, 0.15) is 6.04 Å². The Bertz CT molecular complexity index is 449. The van der Waals surface area contributed by atoms with Crippen LogP contribution < -0.4 is 5.32 Å². The standard InChI is InChI=1S/C10H9F6NO3/c11-9(12,13)6(20)17-4(5(18)19)7-1-8(2-7,3-7)10(14,15)16/h4H,1-3H2,(H,17,20)(H,18,19). The highest BCUT2D eigenvalue weighted by molar-refractivity contribution is 5.87. The summed E-state index contributed by atoms with van der Waals surface area (Å²) in [7, 11) is 0. The van der Waals surface area contributed by atoms with Gasteiger partial charge in [0.25, 0.3) is 0 Å². The van der Waals surface area contributed by atoms with Gasteiger partial charge in [0.2, 0.25) is 0 Å². The van der Waals surface area contributed by atoms with Crippen molar-refractivity contribution in [2.45, 2.75) is 37.7 Å². The van der Waals surface area contributed by atoms with Gasteiger partial charge in [-0.05, 0) is 19.3 Å². The van der Waals surface area contributed by atoms with Crippen LogP contribution in [0.25, 0.3) is 0 Å². The molecule has 3 fully saturated rings. The first kappa shape index (κ1) is 14.9. The molecule has 1 atom stereocenters. The molecule has 0 aromatic heterocycles. The average Bonchev–Trinajstić information content (AvgIpc) is 2.07. The van der Waals surface area contributed by atoms with Crippen LogP contribution in [0.15, 0.2) is 0 Å². The molecule has 2 bridgehead atoms. The van der Waals surface area contributed by atoms with E-state index < -0.39 is 60.4 Å². The van der Waals surface area contributed by atoms with Crippen molar-refractivity contribution in [1.82, 2.24) is 5.32 Å². The van der Waals surface area contributed by atoms with Gasteiger partial charge < -0.3 is 10.4 Å². The summed E-state index contributed by atoms with van der Waals surface area (Å²) < 4.78 is 74.0. The molecule has 0 aromatic carbocycles. The van der Waals surface area contributed by atoms with Crippen LogP contribution in [-0.2, 0) is 9.59 Å². The maximum atomic E-state index is 12.6. The Morgan fingerprint density at radius 1 is 1.05 bits per heavy atom. The lowest BCUT2D eigenvalue weighted by Gasteiger charge is -2.72. The number of alkyl halides is 6. The van der Waals surface area contributed by atoms with E-state index in [0.717, 1.165) is 0 Å². The van der Waals surface area contributed by atoms with Crippen molar-refractivity contribution < 1.29 is 41.0 Å². The van der Waals surface area contributed by atoms with Gasteiger partial charge in [-0.15, -0.1) is 0 Å². The number of halogens is 6. The van der Waals surface area contributed by atoms with E-state index in [1.807, 2.05) is 0 Å². The fourth-order valence-corrected chi connectivity index (χ4v) is 3.16. The van der Waals surface area contributed by atoms with Crippen molar-refractivity contribution in [3.8, 4) is 0 Å². The van der Waals surface area contributed by atoms with E-state index in [9.17, 15) is 35.9 Å². The maximum Gasteiger partial charge on any atom is 0.471 e. The molecule has 3 aliphatic carbocycles. The number of carboxylic acid groups (broad SMARTS) is 1. The van der Waals surface area contributed by atoms with Gasteiger partial charge in [-0.3, -0.25) is 4.79 Å². The molecule has 114 valence electrons. The van der Waals surface area contributed by atoms with E-state index >= 15 is 0 Å². The van der Waals surface area contributed by atoms with Crippen LogP contribution in [0.2, 0.25) is 0 Å². The third-order valence-corrected chi connectivity index (χ3v) is 4.06. The predicted octanol–water partition coefficient (Wildman–Crippen LogP) is 1.85. The number of aliphatic carboxylic acids is 1. The Morgan fingerprint density at radius 3 is 1.80 bits per heavy atom. The molecule has 1 unspecified atom stereocenters. The largest absolute Gasteiger partial charge is 0.480 e. The summed E-state index contributed by atoms with van der Waals surface area (Å²) in [4.78, 5) is 21.7. The lowest BCUT2D eigenvalue weighted by molar-refractivity contribution is -0.367. The smallest absolute Gasteiger partial charge is 0.471 e.